The SMILES string of the molecule is COC1CC(NC(=O)c2cc(C#CCCO)ccc2C)C1. The Bertz CT molecular complexity index is 565. The van der Waals surface area contributed by atoms with Crippen LogP contribution in [-0.4, -0.2) is 36.9 Å². The highest BCUT2D eigenvalue weighted by molar-refractivity contribution is 5.96. The Morgan fingerprint density at radius 3 is 2.90 bits per heavy atom. The van der Waals surface area contributed by atoms with Crippen LogP contribution in [0, 0.1) is 18.8 Å². The van der Waals surface area contributed by atoms with Crippen LogP contribution in [0.2, 0.25) is 0 Å². The number of methoxy groups -OCH3 is 1. The van der Waals surface area contributed by atoms with Crippen LogP contribution < -0.4 is 5.32 Å². The first-order valence-corrected chi connectivity index (χ1v) is 7.18. The van der Waals surface area contributed by atoms with Crippen LogP contribution in [0.1, 0.15) is 40.7 Å². The average molecular weight is 287 g/mol. The normalized spacial score (nSPS) is 20.1. The van der Waals surface area contributed by atoms with Crippen molar-refractivity contribution in [2.24, 2.45) is 0 Å². The molecule has 0 atom stereocenters. The van der Waals surface area contributed by atoms with E-state index in [-0.39, 0.29) is 24.7 Å². The molecule has 4 heteroatoms. The van der Waals surface area contributed by atoms with Gasteiger partial charge in [-0.05, 0) is 37.5 Å². The van der Waals surface area contributed by atoms with Gasteiger partial charge in [0.2, 0.25) is 0 Å². The monoisotopic (exact) mass is 287 g/mol. The largest absolute Gasteiger partial charge is 0.395 e. The molecule has 0 heterocycles. The first-order valence-electron chi connectivity index (χ1n) is 7.18. The van der Waals surface area contributed by atoms with Gasteiger partial charge in [-0.15, -0.1) is 0 Å². The summed E-state index contributed by atoms with van der Waals surface area (Å²) in [5.74, 6) is 5.76. The van der Waals surface area contributed by atoms with Crippen molar-refractivity contribution in [1.82, 2.24) is 5.32 Å². The Morgan fingerprint density at radius 2 is 2.24 bits per heavy atom. The first-order chi connectivity index (χ1) is 10.1. The fourth-order valence-corrected chi connectivity index (χ4v) is 2.30. The number of hydrogen-bond acceptors (Lipinski definition) is 3. The minimum Gasteiger partial charge on any atom is -0.395 e. The molecular weight excluding hydrogens is 266 g/mol. The predicted octanol–water partition coefficient (Wildman–Crippen LogP) is 1.64. The van der Waals surface area contributed by atoms with Gasteiger partial charge in [0.25, 0.3) is 5.91 Å². The van der Waals surface area contributed by atoms with Gasteiger partial charge in [0.15, 0.2) is 0 Å². The summed E-state index contributed by atoms with van der Waals surface area (Å²) in [4.78, 5) is 12.3. The van der Waals surface area contributed by atoms with Crippen LogP contribution >= 0.6 is 0 Å². The third-order valence-corrected chi connectivity index (χ3v) is 3.72. The number of carbonyl (C=O) groups excluding carboxylic acids is 1. The van der Waals surface area contributed by atoms with Gasteiger partial charge >= 0.3 is 0 Å². The van der Waals surface area contributed by atoms with Gasteiger partial charge < -0.3 is 15.2 Å². The quantitative estimate of drug-likeness (QED) is 0.828. The lowest BCUT2D eigenvalue weighted by atomic mass is 9.89. The van der Waals surface area contributed by atoms with Crippen LogP contribution in [0.3, 0.4) is 0 Å². The second-order valence-corrected chi connectivity index (χ2v) is 5.30. The number of aliphatic hydroxyl groups excluding tert-OH is 1. The zero-order chi connectivity index (χ0) is 15.2. The second-order valence-electron chi connectivity index (χ2n) is 5.30. The molecule has 2 N–H and O–H groups in total. The lowest BCUT2D eigenvalue weighted by Gasteiger charge is -2.34. The lowest BCUT2D eigenvalue weighted by Crippen LogP contribution is -2.47. The number of nitrogens with one attached hydrogen (secondary N) is 1. The Balaban J connectivity index is 2.03. The number of aryl methyl sites for hydroxylation is 1. The minimum atomic E-state index is -0.0575. The van der Waals surface area contributed by atoms with Crippen LogP contribution in [0.15, 0.2) is 18.2 Å². The highest BCUT2D eigenvalue weighted by Crippen LogP contribution is 2.23. The molecule has 0 aliphatic heterocycles. The van der Waals surface area contributed by atoms with E-state index in [1.54, 1.807) is 7.11 Å². The third kappa shape index (κ3) is 4.07. The number of carbonyl (C=O) groups is 1. The molecule has 0 saturated heterocycles. The number of benzene rings is 1. The molecule has 1 aromatic rings. The smallest absolute Gasteiger partial charge is 0.251 e. The summed E-state index contributed by atoms with van der Waals surface area (Å²) in [6, 6.07) is 5.80. The lowest BCUT2D eigenvalue weighted by molar-refractivity contribution is 0.0176. The van der Waals surface area contributed by atoms with E-state index in [1.165, 1.54) is 0 Å². The molecule has 1 aliphatic rings. The molecule has 0 unspecified atom stereocenters. The van der Waals surface area contributed by atoms with Gasteiger partial charge in [-0.25, -0.2) is 0 Å². The summed E-state index contributed by atoms with van der Waals surface area (Å²) >= 11 is 0. The zero-order valence-electron chi connectivity index (χ0n) is 12.5. The highest BCUT2D eigenvalue weighted by atomic mass is 16.5. The summed E-state index contributed by atoms with van der Waals surface area (Å²) in [5, 5.41) is 11.8. The van der Waals surface area contributed by atoms with Gasteiger partial charge in [-0.2, -0.15) is 0 Å². The summed E-state index contributed by atoms with van der Waals surface area (Å²) < 4.78 is 5.21. The fraction of sp³-hybridized carbons (Fsp3) is 0.471. The Labute approximate surface area is 125 Å². The van der Waals surface area contributed by atoms with E-state index in [1.807, 2.05) is 25.1 Å². The molecule has 112 valence electrons. The highest BCUT2D eigenvalue weighted by Gasteiger charge is 2.30. The van der Waals surface area contributed by atoms with Crippen molar-refractivity contribution in [3.05, 3.63) is 34.9 Å². The van der Waals surface area contributed by atoms with E-state index in [4.69, 9.17) is 9.84 Å². The van der Waals surface area contributed by atoms with Crippen molar-refractivity contribution in [2.45, 2.75) is 38.3 Å². The topological polar surface area (TPSA) is 58.6 Å². The number of amides is 1. The molecule has 1 amide bonds. The van der Waals surface area contributed by atoms with Gasteiger partial charge in [0.1, 0.15) is 0 Å². The molecule has 0 bridgehead atoms. The Hall–Kier alpha value is -1.83. The van der Waals surface area contributed by atoms with Crippen LogP contribution in [0.25, 0.3) is 0 Å². The van der Waals surface area contributed by atoms with E-state index in [2.05, 4.69) is 17.2 Å². The van der Waals surface area contributed by atoms with Crippen LogP contribution in [0.4, 0.5) is 0 Å². The summed E-state index contributed by atoms with van der Waals surface area (Å²) in [6.45, 7) is 1.97. The van der Waals surface area contributed by atoms with Gasteiger partial charge in [-0.1, -0.05) is 17.9 Å². The van der Waals surface area contributed by atoms with Gasteiger partial charge in [0.05, 0.1) is 12.7 Å². The van der Waals surface area contributed by atoms with E-state index in [9.17, 15) is 4.79 Å². The fourth-order valence-electron chi connectivity index (χ4n) is 2.30. The van der Waals surface area contributed by atoms with Crippen molar-refractivity contribution in [3.63, 3.8) is 0 Å². The van der Waals surface area contributed by atoms with E-state index < -0.39 is 0 Å². The maximum atomic E-state index is 12.3. The molecule has 0 spiro atoms. The Kier molecular flexibility index (Phi) is 5.38. The summed E-state index contributed by atoms with van der Waals surface area (Å²) in [6.07, 6.45) is 2.46. The van der Waals surface area contributed by atoms with E-state index >= 15 is 0 Å². The zero-order valence-corrected chi connectivity index (χ0v) is 12.5. The molecular formula is C17H21NO3. The van der Waals surface area contributed by atoms with E-state index in [0.717, 1.165) is 24.0 Å². The Morgan fingerprint density at radius 1 is 1.48 bits per heavy atom. The molecule has 1 saturated carbocycles. The van der Waals surface area contributed by atoms with Gasteiger partial charge in [0, 0.05) is 30.7 Å². The number of aliphatic hydroxyl groups is 1. The van der Waals surface area contributed by atoms with Crippen LogP contribution in [0.5, 0.6) is 0 Å². The molecule has 2 rings (SSSR count). The van der Waals surface area contributed by atoms with Crippen molar-refractivity contribution in [1.29, 1.82) is 0 Å². The first kappa shape index (κ1) is 15.6. The molecule has 4 nitrogen and oxygen atoms in total. The van der Waals surface area contributed by atoms with Gasteiger partial charge in [-0.3, -0.25) is 4.79 Å². The van der Waals surface area contributed by atoms with Crippen molar-refractivity contribution < 1.29 is 14.6 Å². The standard InChI is InChI=1S/C17H21NO3/c1-12-6-7-13(5-3-4-8-19)9-16(12)17(20)18-14-10-15(11-14)21-2/h6-7,9,14-15,19H,4,8,10-11H2,1-2H3,(H,18,20). The molecule has 0 aromatic heterocycles. The molecule has 1 aromatic carbocycles. The van der Waals surface area contributed by atoms with Crippen molar-refractivity contribution in [2.75, 3.05) is 13.7 Å². The third-order valence-electron chi connectivity index (χ3n) is 3.72. The average Bonchev–Trinajstić information content (AvgIpc) is 2.44. The summed E-state index contributed by atoms with van der Waals surface area (Å²) in [5.41, 5.74) is 2.39. The molecule has 1 aliphatic carbocycles. The maximum Gasteiger partial charge on any atom is 0.251 e. The molecule has 1 fully saturated rings. The number of hydrogen-bond donors (Lipinski definition) is 2. The van der Waals surface area contributed by atoms with Crippen molar-refractivity contribution >= 4 is 5.91 Å². The number of ether oxygens (including phenoxy) is 1. The number of rotatable bonds is 4. The van der Waals surface area contributed by atoms with E-state index in [0.29, 0.717) is 12.0 Å². The predicted molar refractivity (Wildman–Crippen MR) is 81.0 cm³/mol. The minimum absolute atomic E-state index is 0.0501. The van der Waals surface area contributed by atoms with Crippen LogP contribution in [-0.2, 0) is 4.74 Å². The maximum absolute atomic E-state index is 12.3. The second kappa shape index (κ2) is 7.26. The summed E-state index contributed by atoms with van der Waals surface area (Å²) in [7, 11) is 1.70. The van der Waals surface area contributed by atoms with Crippen molar-refractivity contribution in [3.8, 4) is 11.8 Å². The molecule has 21 heavy (non-hydrogen) atoms. The molecule has 0 radical (unpaired) electrons.